The molecule has 1 aromatic rings. The van der Waals surface area contributed by atoms with E-state index < -0.39 is 9.84 Å². The first kappa shape index (κ1) is 36.5. The van der Waals surface area contributed by atoms with Gasteiger partial charge in [-0.15, -0.1) is 0 Å². The lowest BCUT2D eigenvalue weighted by Crippen LogP contribution is -2.68. The van der Waals surface area contributed by atoms with Gasteiger partial charge >= 0.3 is 5.97 Å². The van der Waals surface area contributed by atoms with Crippen molar-refractivity contribution < 1.29 is 22.7 Å². The molecular weight excluding hydrogens is 669 g/mol. The van der Waals surface area contributed by atoms with E-state index in [9.17, 15) is 18.0 Å². The molecule has 2 saturated heterocycles. The van der Waals surface area contributed by atoms with Crippen LogP contribution >= 0.6 is 0 Å². The topological polar surface area (TPSA) is 92.8 Å². The zero-order chi connectivity index (χ0) is 37.2. The van der Waals surface area contributed by atoms with E-state index in [-0.39, 0.29) is 56.1 Å². The van der Waals surface area contributed by atoms with E-state index >= 15 is 0 Å². The summed E-state index contributed by atoms with van der Waals surface area (Å²) in [5.74, 6) is 2.49. The lowest BCUT2D eigenvalue weighted by Gasteiger charge is -2.72. The van der Waals surface area contributed by atoms with E-state index in [4.69, 9.17) is 4.74 Å². The Morgan fingerprint density at radius 2 is 1.67 bits per heavy atom. The first-order valence-corrected chi connectivity index (χ1v) is 21.9. The molecule has 11 atom stereocenters. The van der Waals surface area contributed by atoms with Crippen LogP contribution in [0.4, 0.5) is 0 Å². The molecule has 284 valence electrons. The van der Waals surface area contributed by atoms with Crippen LogP contribution < -0.4 is 5.32 Å². The first-order chi connectivity index (χ1) is 24.4. The molecule has 0 spiro atoms. The number of rotatable bonds is 6. The summed E-state index contributed by atoms with van der Waals surface area (Å²) in [6.45, 7) is 20.4. The second kappa shape index (κ2) is 12.0. The number of nitrogens with zero attached hydrogens (tertiary/aromatic N) is 1. The molecule has 5 aliphatic carbocycles. The number of methoxy groups -OCH3 is 1. The van der Waals surface area contributed by atoms with E-state index in [1.807, 2.05) is 12.1 Å². The van der Waals surface area contributed by atoms with Crippen LogP contribution in [0.2, 0.25) is 0 Å². The molecule has 1 amide bonds. The maximum atomic E-state index is 13.9. The molecule has 7 aliphatic rings. The number of carbonyl (C=O) groups excluding carboxylic acids is 2. The van der Waals surface area contributed by atoms with Crippen LogP contribution in [0.1, 0.15) is 122 Å². The Morgan fingerprint density at radius 3 is 2.31 bits per heavy atom. The largest absolute Gasteiger partial charge is 0.465 e. The first-order valence-electron chi connectivity index (χ1n) is 20.2. The Morgan fingerprint density at radius 1 is 0.942 bits per heavy atom. The highest BCUT2D eigenvalue weighted by Crippen LogP contribution is 2.76. The minimum atomic E-state index is -2.99. The number of likely N-dealkylation sites (tertiary alicyclic amines) is 1. The second-order valence-corrected chi connectivity index (χ2v) is 22.1. The molecule has 2 bridgehead atoms. The third-order valence-corrected chi connectivity index (χ3v) is 19.6. The van der Waals surface area contributed by atoms with Crippen molar-refractivity contribution in [2.75, 3.05) is 26.0 Å². The van der Waals surface area contributed by atoms with Crippen molar-refractivity contribution in [3.8, 4) is 0 Å². The molecule has 8 rings (SSSR count). The van der Waals surface area contributed by atoms with Crippen LogP contribution in [0.5, 0.6) is 0 Å². The van der Waals surface area contributed by atoms with Gasteiger partial charge in [0.1, 0.15) is 0 Å². The van der Waals surface area contributed by atoms with Crippen molar-refractivity contribution in [2.45, 2.75) is 123 Å². The van der Waals surface area contributed by atoms with Crippen molar-refractivity contribution in [1.82, 2.24) is 10.2 Å². The maximum absolute atomic E-state index is 13.9. The molecule has 1 N–H and O–H groups in total. The van der Waals surface area contributed by atoms with Crippen LogP contribution in [-0.2, 0) is 19.4 Å². The zero-order valence-corrected chi connectivity index (χ0v) is 33.5. The van der Waals surface area contributed by atoms with Gasteiger partial charge in [-0.05, 0) is 146 Å². The molecule has 6 fully saturated rings. The van der Waals surface area contributed by atoms with Crippen LogP contribution in [-0.4, -0.2) is 68.0 Å². The predicted molar refractivity (Wildman–Crippen MR) is 206 cm³/mol. The fraction of sp³-hybridized carbons (Fsp3) is 0.727. The van der Waals surface area contributed by atoms with Gasteiger partial charge in [0.15, 0.2) is 9.84 Å². The molecule has 0 radical (unpaired) electrons. The van der Waals surface area contributed by atoms with E-state index in [1.165, 1.54) is 49.5 Å². The highest BCUT2D eigenvalue weighted by molar-refractivity contribution is 7.92. The summed E-state index contributed by atoms with van der Waals surface area (Å²) < 4.78 is 29.8. The molecule has 4 saturated carbocycles. The van der Waals surface area contributed by atoms with E-state index in [0.717, 1.165) is 32.1 Å². The molecule has 2 aliphatic heterocycles. The third-order valence-electron chi connectivity index (χ3n) is 17.4. The van der Waals surface area contributed by atoms with E-state index in [1.54, 1.807) is 0 Å². The third kappa shape index (κ3) is 5.07. The van der Waals surface area contributed by atoms with Crippen LogP contribution in [0, 0.1) is 51.2 Å². The average Bonchev–Trinajstić information content (AvgIpc) is 3.75. The number of esters is 1. The van der Waals surface area contributed by atoms with Gasteiger partial charge in [0, 0.05) is 18.1 Å². The minimum absolute atomic E-state index is 0.000389. The molecule has 1 aromatic carbocycles. The fourth-order valence-electron chi connectivity index (χ4n) is 14.8. The second-order valence-electron chi connectivity index (χ2n) is 19.8. The van der Waals surface area contributed by atoms with Crippen molar-refractivity contribution in [3.63, 3.8) is 0 Å². The van der Waals surface area contributed by atoms with Gasteiger partial charge in [-0.3, -0.25) is 9.69 Å². The summed E-state index contributed by atoms with van der Waals surface area (Å²) >= 11 is 0. The number of benzene rings is 1. The van der Waals surface area contributed by atoms with E-state index in [2.05, 4.69) is 76.5 Å². The number of carbonyl (C=O) groups is 2. The molecule has 2 heterocycles. The lowest BCUT2D eigenvalue weighted by molar-refractivity contribution is -0.219. The Balaban J connectivity index is 1.06. The molecular formula is C44H62N2O5S. The van der Waals surface area contributed by atoms with Gasteiger partial charge in [0.05, 0.1) is 30.2 Å². The van der Waals surface area contributed by atoms with Crippen molar-refractivity contribution in [2.24, 2.45) is 51.2 Å². The summed E-state index contributed by atoms with van der Waals surface area (Å²) in [5, 5.41) is 3.42. The number of fused-ring (bicyclic) bond motifs is 9. The summed E-state index contributed by atoms with van der Waals surface area (Å²) in [7, 11) is -1.56. The number of hydrogen-bond donors (Lipinski definition) is 1. The van der Waals surface area contributed by atoms with Crippen molar-refractivity contribution >= 4 is 27.3 Å². The van der Waals surface area contributed by atoms with Gasteiger partial charge in [-0.25, -0.2) is 13.2 Å². The van der Waals surface area contributed by atoms with Gasteiger partial charge in [-0.1, -0.05) is 65.0 Å². The highest BCUT2D eigenvalue weighted by atomic mass is 32.2. The van der Waals surface area contributed by atoms with Crippen LogP contribution in [0.25, 0.3) is 5.57 Å². The quantitative estimate of drug-likeness (QED) is 0.237. The SMILES string of the molecule is C=C(C)[C@@H]1CC[C@]2(NC(=O)CN3CC4CC3CS4(=O)=O)CC[C@]3(C)[C@H](CCC4[C@@]5(C)CC=C(c6ccc(C(=O)OC)cc6)C(C)(C)C5CC[C@]43C)C12. The smallest absolute Gasteiger partial charge is 0.337 e. The van der Waals surface area contributed by atoms with Gasteiger partial charge in [-0.2, -0.15) is 0 Å². The van der Waals surface area contributed by atoms with Gasteiger partial charge in [0.2, 0.25) is 5.91 Å². The number of allylic oxidation sites excluding steroid dienone is 3. The highest BCUT2D eigenvalue weighted by Gasteiger charge is 2.70. The van der Waals surface area contributed by atoms with Crippen LogP contribution in [0.15, 0.2) is 42.5 Å². The summed E-state index contributed by atoms with van der Waals surface area (Å²) in [4.78, 5) is 28.2. The molecule has 52 heavy (non-hydrogen) atoms. The number of amides is 1. The fourth-order valence-corrected chi connectivity index (χ4v) is 16.9. The number of sulfone groups is 1. The summed E-state index contributed by atoms with van der Waals surface area (Å²) in [6, 6.07) is 8.01. The Hall–Kier alpha value is -2.45. The Kier molecular flexibility index (Phi) is 8.44. The lowest BCUT2D eigenvalue weighted by atomic mass is 9.33. The van der Waals surface area contributed by atoms with Crippen molar-refractivity contribution in [3.05, 3.63) is 53.6 Å². The maximum Gasteiger partial charge on any atom is 0.337 e. The van der Waals surface area contributed by atoms with Crippen LogP contribution in [0.3, 0.4) is 0 Å². The Bertz CT molecular complexity index is 1820. The molecule has 7 nitrogen and oxygen atoms in total. The number of hydrogen-bond acceptors (Lipinski definition) is 6. The number of nitrogens with one attached hydrogen (secondary N) is 1. The molecule has 8 heteroatoms. The normalized spacial score (nSPS) is 44.1. The monoisotopic (exact) mass is 730 g/mol. The van der Waals surface area contributed by atoms with Gasteiger partial charge in [0.25, 0.3) is 0 Å². The molecule has 5 unspecified atom stereocenters. The summed E-state index contributed by atoms with van der Waals surface area (Å²) in [6.07, 6.45) is 13.4. The Labute approximate surface area is 312 Å². The summed E-state index contributed by atoms with van der Waals surface area (Å²) in [5.41, 5.74) is 4.82. The van der Waals surface area contributed by atoms with Crippen molar-refractivity contribution in [1.29, 1.82) is 0 Å². The minimum Gasteiger partial charge on any atom is -0.465 e. The van der Waals surface area contributed by atoms with Gasteiger partial charge < -0.3 is 10.1 Å². The standard InChI is InChI=1S/C44H62N2O5S/c1-27(2)32-15-20-44(45-37(47)25-46-24-31-23-30(46)26-52(31,49)50)22-21-42(6)34(38(32)44)13-14-36-41(5)18-16-33(28-9-11-29(12-10-28)39(48)51-8)40(3,4)35(41)17-19-43(36,42)7/h9-12,16,30-32,34-36,38H,1,13-15,17-26H2,2-8H3,(H,45,47)/t30?,31?,32-,34+,35?,36?,38?,41-,42+,43+,44-/m0/s1. The zero-order valence-electron chi connectivity index (χ0n) is 32.7. The predicted octanol–water partition coefficient (Wildman–Crippen LogP) is 7.86. The average molecular weight is 731 g/mol. The number of ether oxygens (including phenoxy) is 1. The van der Waals surface area contributed by atoms with E-state index in [0.29, 0.717) is 54.7 Å². The molecule has 0 aromatic heterocycles.